The maximum Gasteiger partial charge on any atom is 0.338 e. The summed E-state index contributed by atoms with van der Waals surface area (Å²) in [7, 11) is 0. The molecule has 1 aromatic carbocycles. The van der Waals surface area contributed by atoms with Gasteiger partial charge >= 0.3 is 5.97 Å². The first-order valence-electron chi connectivity index (χ1n) is 8.43. The fraction of sp³-hybridized carbons (Fsp3) is 0.611. The van der Waals surface area contributed by atoms with Gasteiger partial charge in [0.05, 0.1) is 24.4 Å². The van der Waals surface area contributed by atoms with Crippen LogP contribution < -0.4 is 4.74 Å². The highest BCUT2D eigenvalue weighted by Gasteiger charge is 2.23. The lowest BCUT2D eigenvalue weighted by molar-refractivity contribution is -0.0786. The number of hydrogen-bond donors (Lipinski definition) is 1. The zero-order valence-electron chi connectivity index (χ0n) is 14.6. The fourth-order valence-electron chi connectivity index (χ4n) is 2.88. The van der Waals surface area contributed by atoms with Crippen LogP contribution in [0.5, 0.6) is 5.75 Å². The molecule has 24 heavy (non-hydrogen) atoms. The maximum absolute atomic E-state index is 11.6. The van der Waals surface area contributed by atoms with Gasteiger partial charge in [-0.1, -0.05) is 0 Å². The number of aliphatic hydroxyl groups excluding tert-OH is 1. The van der Waals surface area contributed by atoms with Crippen molar-refractivity contribution in [3.63, 3.8) is 0 Å². The molecular weight excluding hydrogens is 310 g/mol. The molecule has 2 rings (SSSR count). The molecule has 0 saturated carbocycles. The van der Waals surface area contributed by atoms with Crippen LogP contribution in [0.3, 0.4) is 0 Å². The molecule has 134 valence electrons. The van der Waals surface area contributed by atoms with Gasteiger partial charge in [-0.05, 0) is 45.0 Å². The number of β-amino-alcohol motifs (C(OH)–C–C–N with tert-alkyl or cyclic N) is 1. The summed E-state index contributed by atoms with van der Waals surface area (Å²) in [4.78, 5) is 13.8. The van der Waals surface area contributed by atoms with Crippen LogP contribution in [-0.2, 0) is 9.47 Å². The first-order valence-corrected chi connectivity index (χ1v) is 8.43. The number of carbonyl (C=O) groups excluding carboxylic acids is 1. The van der Waals surface area contributed by atoms with E-state index < -0.39 is 6.10 Å². The summed E-state index contributed by atoms with van der Waals surface area (Å²) in [6.45, 7) is 8.59. The Morgan fingerprint density at radius 1 is 1.29 bits per heavy atom. The summed E-state index contributed by atoms with van der Waals surface area (Å²) >= 11 is 0. The van der Waals surface area contributed by atoms with Crippen molar-refractivity contribution < 1.29 is 24.1 Å². The van der Waals surface area contributed by atoms with Crippen LogP contribution >= 0.6 is 0 Å². The van der Waals surface area contributed by atoms with Crippen molar-refractivity contribution >= 4 is 5.97 Å². The van der Waals surface area contributed by atoms with Crippen LogP contribution in [0, 0.1) is 0 Å². The van der Waals surface area contributed by atoms with Crippen LogP contribution in [0.4, 0.5) is 0 Å². The standard InChI is InChI=1S/C18H27NO5/c1-4-22-18(21)15-5-7-17(8-6-15)23-12-16(20)11-19-9-13(2)24-14(3)10-19/h5-8,13-14,16,20H,4,9-12H2,1-3H3. The third-order valence-electron chi connectivity index (χ3n) is 3.77. The average Bonchev–Trinajstić information content (AvgIpc) is 2.52. The van der Waals surface area contributed by atoms with Gasteiger partial charge in [0.15, 0.2) is 0 Å². The molecule has 0 aromatic heterocycles. The molecule has 1 aromatic rings. The summed E-state index contributed by atoms with van der Waals surface area (Å²) < 4.78 is 16.2. The monoisotopic (exact) mass is 337 g/mol. The minimum absolute atomic E-state index is 0.178. The second-order valence-electron chi connectivity index (χ2n) is 6.19. The molecule has 0 bridgehead atoms. The topological polar surface area (TPSA) is 68.2 Å². The van der Waals surface area contributed by atoms with Crippen LogP contribution in [0.15, 0.2) is 24.3 Å². The van der Waals surface area contributed by atoms with E-state index in [2.05, 4.69) is 4.90 Å². The molecule has 1 aliphatic heterocycles. The fourth-order valence-corrected chi connectivity index (χ4v) is 2.88. The van der Waals surface area contributed by atoms with E-state index in [9.17, 15) is 9.90 Å². The number of nitrogens with zero attached hydrogens (tertiary/aromatic N) is 1. The molecule has 0 spiro atoms. The molecule has 1 saturated heterocycles. The van der Waals surface area contributed by atoms with E-state index in [1.807, 2.05) is 13.8 Å². The number of aliphatic hydroxyl groups is 1. The molecular formula is C18H27NO5. The highest BCUT2D eigenvalue weighted by Crippen LogP contribution is 2.14. The summed E-state index contributed by atoms with van der Waals surface area (Å²) in [5.74, 6) is 0.269. The van der Waals surface area contributed by atoms with E-state index >= 15 is 0 Å². The smallest absolute Gasteiger partial charge is 0.338 e. The zero-order chi connectivity index (χ0) is 17.5. The summed E-state index contributed by atoms with van der Waals surface area (Å²) in [5, 5.41) is 10.2. The molecule has 0 radical (unpaired) electrons. The Morgan fingerprint density at radius 2 is 1.92 bits per heavy atom. The van der Waals surface area contributed by atoms with Gasteiger partial charge in [0.25, 0.3) is 0 Å². The van der Waals surface area contributed by atoms with E-state index in [0.29, 0.717) is 24.5 Å². The van der Waals surface area contributed by atoms with Crippen LogP contribution in [0.25, 0.3) is 0 Å². The van der Waals surface area contributed by atoms with Gasteiger partial charge in [-0.15, -0.1) is 0 Å². The van der Waals surface area contributed by atoms with Crippen LogP contribution in [0.1, 0.15) is 31.1 Å². The number of benzene rings is 1. The van der Waals surface area contributed by atoms with E-state index in [4.69, 9.17) is 14.2 Å². The minimum Gasteiger partial charge on any atom is -0.491 e. The van der Waals surface area contributed by atoms with Gasteiger partial charge in [-0.25, -0.2) is 4.79 Å². The number of morpholine rings is 1. The highest BCUT2D eigenvalue weighted by molar-refractivity contribution is 5.89. The SMILES string of the molecule is CCOC(=O)c1ccc(OCC(O)CN2CC(C)OC(C)C2)cc1. The Morgan fingerprint density at radius 3 is 2.50 bits per heavy atom. The van der Waals surface area contributed by atoms with Gasteiger partial charge in [0.2, 0.25) is 0 Å². The predicted molar refractivity (Wildman–Crippen MR) is 90.3 cm³/mol. The first-order chi connectivity index (χ1) is 11.5. The minimum atomic E-state index is -0.577. The first kappa shape index (κ1) is 18.7. The molecule has 3 atom stereocenters. The third kappa shape index (κ3) is 5.78. The molecule has 1 N–H and O–H groups in total. The van der Waals surface area contributed by atoms with Crippen molar-refractivity contribution in [2.75, 3.05) is 32.8 Å². The average molecular weight is 337 g/mol. The second kappa shape index (κ2) is 9.01. The number of carbonyl (C=O) groups is 1. The largest absolute Gasteiger partial charge is 0.491 e. The molecule has 1 aliphatic rings. The predicted octanol–water partition coefficient (Wildman–Crippen LogP) is 1.71. The lowest BCUT2D eigenvalue weighted by atomic mass is 10.2. The Kier molecular flexibility index (Phi) is 7.02. The molecule has 1 fully saturated rings. The molecule has 6 nitrogen and oxygen atoms in total. The molecule has 6 heteroatoms. The molecule has 0 aliphatic carbocycles. The van der Waals surface area contributed by atoms with Crippen molar-refractivity contribution in [1.82, 2.24) is 4.90 Å². The summed E-state index contributed by atoms with van der Waals surface area (Å²) in [6.07, 6.45) is -0.221. The normalized spacial score (nSPS) is 22.8. The van der Waals surface area contributed by atoms with Gasteiger partial charge < -0.3 is 19.3 Å². The number of esters is 1. The van der Waals surface area contributed by atoms with E-state index in [-0.39, 0.29) is 24.8 Å². The van der Waals surface area contributed by atoms with Gasteiger partial charge in [-0.3, -0.25) is 4.90 Å². The zero-order valence-corrected chi connectivity index (χ0v) is 14.6. The quantitative estimate of drug-likeness (QED) is 0.764. The van der Waals surface area contributed by atoms with Gasteiger partial charge in [0, 0.05) is 19.6 Å². The summed E-state index contributed by atoms with van der Waals surface area (Å²) in [6, 6.07) is 6.73. The van der Waals surface area contributed by atoms with Crippen LogP contribution in [-0.4, -0.2) is 67.1 Å². The van der Waals surface area contributed by atoms with Gasteiger partial charge in [0.1, 0.15) is 18.5 Å². The Hall–Kier alpha value is -1.63. The van der Waals surface area contributed by atoms with Crippen molar-refractivity contribution in [2.45, 2.75) is 39.1 Å². The van der Waals surface area contributed by atoms with Crippen molar-refractivity contribution in [3.05, 3.63) is 29.8 Å². The third-order valence-corrected chi connectivity index (χ3v) is 3.77. The lowest BCUT2D eigenvalue weighted by Crippen LogP contribution is -2.48. The molecule has 1 heterocycles. The molecule has 3 unspecified atom stereocenters. The number of ether oxygens (including phenoxy) is 3. The lowest BCUT2D eigenvalue weighted by Gasteiger charge is -2.36. The van der Waals surface area contributed by atoms with E-state index in [0.717, 1.165) is 13.1 Å². The highest BCUT2D eigenvalue weighted by atomic mass is 16.5. The summed E-state index contributed by atoms with van der Waals surface area (Å²) in [5.41, 5.74) is 0.487. The number of rotatable bonds is 7. The van der Waals surface area contributed by atoms with E-state index in [1.54, 1.807) is 31.2 Å². The number of hydrogen-bond acceptors (Lipinski definition) is 6. The van der Waals surface area contributed by atoms with E-state index in [1.165, 1.54) is 0 Å². The van der Waals surface area contributed by atoms with Crippen molar-refractivity contribution in [2.24, 2.45) is 0 Å². The second-order valence-corrected chi connectivity index (χ2v) is 6.19. The Balaban J connectivity index is 1.77. The van der Waals surface area contributed by atoms with Crippen molar-refractivity contribution in [3.8, 4) is 5.75 Å². The molecule has 0 amide bonds. The Bertz CT molecular complexity index is 509. The van der Waals surface area contributed by atoms with Crippen molar-refractivity contribution in [1.29, 1.82) is 0 Å². The maximum atomic E-state index is 11.6. The Labute approximate surface area is 143 Å². The van der Waals surface area contributed by atoms with Crippen LogP contribution in [0.2, 0.25) is 0 Å². The van der Waals surface area contributed by atoms with Gasteiger partial charge in [-0.2, -0.15) is 0 Å².